The van der Waals surface area contributed by atoms with E-state index in [2.05, 4.69) is 11.8 Å². The quantitative estimate of drug-likeness (QED) is 0.605. The maximum Gasteiger partial charge on any atom is 0.150 e. The van der Waals surface area contributed by atoms with Crippen molar-refractivity contribution < 1.29 is 9.53 Å². The van der Waals surface area contributed by atoms with Gasteiger partial charge in [0.1, 0.15) is 12.4 Å². The molecule has 2 heteroatoms. The maximum atomic E-state index is 11.1. The lowest BCUT2D eigenvalue weighted by atomic mass is 10.00. The normalized spacial score (nSPS) is 9.67. The number of aldehydes is 1. The highest BCUT2D eigenvalue weighted by atomic mass is 16.5. The van der Waals surface area contributed by atoms with Gasteiger partial charge in [-0.15, -0.1) is 5.92 Å². The molecule has 0 unspecified atom stereocenters. The molecule has 2 rings (SSSR count). The van der Waals surface area contributed by atoms with Crippen LogP contribution in [0.25, 0.3) is 10.8 Å². The molecule has 0 aliphatic heterocycles. The smallest absolute Gasteiger partial charge is 0.150 e. The Morgan fingerprint density at radius 3 is 2.67 bits per heavy atom. The van der Waals surface area contributed by atoms with Crippen LogP contribution in [0.1, 0.15) is 22.8 Å². The van der Waals surface area contributed by atoms with Crippen molar-refractivity contribution in [3.8, 4) is 17.6 Å². The SMILES string of the molecule is CC#CCOc1cc(C)c(C=O)c2ccccc12. The Morgan fingerprint density at radius 1 is 1.28 bits per heavy atom. The van der Waals surface area contributed by atoms with E-state index in [0.29, 0.717) is 6.61 Å². The molecular formula is C16H14O2. The predicted molar refractivity (Wildman–Crippen MR) is 73.0 cm³/mol. The Bertz CT molecular complexity index is 645. The van der Waals surface area contributed by atoms with Crippen molar-refractivity contribution in [2.24, 2.45) is 0 Å². The van der Waals surface area contributed by atoms with Gasteiger partial charge >= 0.3 is 0 Å². The molecule has 0 aliphatic rings. The van der Waals surface area contributed by atoms with Crippen LogP contribution < -0.4 is 4.74 Å². The maximum absolute atomic E-state index is 11.1. The zero-order valence-corrected chi connectivity index (χ0v) is 10.5. The first-order valence-corrected chi connectivity index (χ1v) is 5.78. The van der Waals surface area contributed by atoms with Crippen molar-refractivity contribution in [3.05, 3.63) is 41.5 Å². The molecule has 0 fully saturated rings. The van der Waals surface area contributed by atoms with Crippen molar-refractivity contribution in [1.29, 1.82) is 0 Å². The summed E-state index contributed by atoms with van der Waals surface area (Å²) < 4.78 is 5.65. The molecule has 0 radical (unpaired) electrons. The zero-order chi connectivity index (χ0) is 13.0. The number of benzene rings is 2. The molecule has 2 nitrogen and oxygen atoms in total. The highest BCUT2D eigenvalue weighted by Crippen LogP contribution is 2.30. The van der Waals surface area contributed by atoms with Gasteiger partial charge in [-0.2, -0.15) is 0 Å². The van der Waals surface area contributed by atoms with Crippen molar-refractivity contribution in [2.45, 2.75) is 13.8 Å². The van der Waals surface area contributed by atoms with Crippen molar-refractivity contribution >= 4 is 17.1 Å². The lowest BCUT2D eigenvalue weighted by Crippen LogP contribution is -1.98. The van der Waals surface area contributed by atoms with Gasteiger partial charge < -0.3 is 4.74 Å². The second-order valence-electron chi connectivity index (χ2n) is 3.98. The zero-order valence-electron chi connectivity index (χ0n) is 10.5. The number of hydrogen-bond acceptors (Lipinski definition) is 2. The summed E-state index contributed by atoms with van der Waals surface area (Å²) >= 11 is 0. The van der Waals surface area contributed by atoms with E-state index in [1.807, 2.05) is 37.3 Å². The summed E-state index contributed by atoms with van der Waals surface area (Å²) in [6.45, 7) is 4.05. The van der Waals surface area contributed by atoms with E-state index in [4.69, 9.17) is 4.74 Å². The largest absolute Gasteiger partial charge is 0.480 e. The van der Waals surface area contributed by atoms with Gasteiger partial charge in [-0.25, -0.2) is 0 Å². The van der Waals surface area contributed by atoms with E-state index in [0.717, 1.165) is 33.9 Å². The number of carbonyl (C=O) groups excluding carboxylic acids is 1. The van der Waals surface area contributed by atoms with Crippen molar-refractivity contribution in [3.63, 3.8) is 0 Å². The average molecular weight is 238 g/mol. The van der Waals surface area contributed by atoms with E-state index in [9.17, 15) is 4.79 Å². The van der Waals surface area contributed by atoms with Gasteiger partial charge in [0.25, 0.3) is 0 Å². The Kier molecular flexibility index (Phi) is 3.64. The fourth-order valence-electron chi connectivity index (χ4n) is 1.96. The lowest BCUT2D eigenvalue weighted by Gasteiger charge is -2.11. The fraction of sp³-hybridized carbons (Fsp3) is 0.188. The summed E-state index contributed by atoms with van der Waals surface area (Å²) in [6, 6.07) is 9.64. The third kappa shape index (κ3) is 2.21. The first-order valence-electron chi connectivity index (χ1n) is 5.78. The van der Waals surface area contributed by atoms with Crippen molar-refractivity contribution in [1.82, 2.24) is 0 Å². The summed E-state index contributed by atoms with van der Waals surface area (Å²) in [6.07, 6.45) is 0.896. The molecule has 2 aromatic carbocycles. The van der Waals surface area contributed by atoms with Gasteiger partial charge in [0.15, 0.2) is 6.29 Å². The number of hydrogen-bond donors (Lipinski definition) is 0. The van der Waals surface area contributed by atoms with Gasteiger partial charge in [-0.3, -0.25) is 4.79 Å². The minimum Gasteiger partial charge on any atom is -0.480 e. The summed E-state index contributed by atoms with van der Waals surface area (Å²) in [7, 11) is 0. The molecule has 0 amide bonds. The summed E-state index contributed by atoms with van der Waals surface area (Å²) in [5.74, 6) is 6.43. The Balaban J connectivity index is 2.59. The first-order chi connectivity index (χ1) is 8.77. The van der Waals surface area contributed by atoms with Crippen LogP contribution in [0.5, 0.6) is 5.75 Å². The standard InChI is InChI=1S/C16H14O2/c1-3-4-9-18-16-10-12(2)15(11-17)13-7-5-6-8-14(13)16/h5-8,10-11H,9H2,1-2H3. The molecule has 0 heterocycles. The van der Waals surface area contributed by atoms with Gasteiger partial charge in [-0.1, -0.05) is 30.2 Å². The highest BCUT2D eigenvalue weighted by Gasteiger charge is 2.09. The molecule has 0 N–H and O–H groups in total. The number of fused-ring (bicyclic) bond motifs is 1. The third-order valence-corrected chi connectivity index (χ3v) is 2.85. The van der Waals surface area contributed by atoms with E-state index in [1.54, 1.807) is 6.92 Å². The molecule has 90 valence electrons. The number of aryl methyl sites for hydroxylation is 1. The second kappa shape index (κ2) is 5.37. The fourth-order valence-corrected chi connectivity index (χ4v) is 1.96. The topological polar surface area (TPSA) is 26.3 Å². The van der Waals surface area contributed by atoms with Crippen LogP contribution in [0.15, 0.2) is 30.3 Å². The highest BCUT2D eigenvalue weighted by molar-refractivity contribution is 6.02. The van der Waals surface area contributed by atoms with Crippen LogP contribution >= 0.6 is 0 Å². The molecular weight excluding hydrogens is 224 g/mol. The Hall–Kier alpha value is -2.27. The second-order valence-corrected chi connectivity index (χ2v) is 3.98. The molecule has 0 atom stereocenters. The minimum atomic E-state index is 0.361. The monoisotopic (exact) mass is 238 g/mol. The number of ether oxygens (including phenoxy) is 1. The van der Waals surface area contributed by atoms with Crippen LogP contribution in [0.2, 0.25) is 0 Å². The molecule has 0 saturated heterocycles. The Morgan fingerprint density at radius 2 is 2.00 bits per heavy atom. The number of rotatable bonds is 3. The van der Waals surface area contributed by atoms with Crippen LogP contribution in [-0.4, -0.2) is 12.9 Å². The van der Waals surface area contributed by atoms with E-state index in [-0.39, 0.29) is 0 Å². The molecule has 18 heavy (non-hydrogen) atoms. The van der Waals surface area contributed by atoms with Crippen LogP contribution in [0.3, 0.4) is 0 Å². The molecule has 0 aromatic heterocycles. The van der Waals surface area contributed by atoms with Gasteiger partial charge in [0, 0.05) is 10.9 Å². The summed E-state index contributed by atoms with van der Waals surface area (Å²) in [4.78, 5) is 11.1. The summed E-state index contributed by atoms with van der Waals surface area (Å²) in [5, 5.41) is 1.87. The molecule has 0 bridgehead atoms. The van der Waals surface area contributed by atoms with E-state index in [1.165, 1.54) is 0 Å². The molecule has 2 aromatic rings. The minimum absolute atomic E-state index is 0.361. The van der Waals surface area contributed by atoms with Crippen LogP contribution in [0.4, 0.5) is 0 Å². The van der Waals surface area contributed by atoms with Crippen molar-refractivity contribution in [2.75, 3.05) is 6.61 Å². The van der Waals surface area contributed by atoms with Crippen LogP contribution in [0, 0.1) is 18.8 Å². The molecule has 0 aliphatic carbocycles. The molecule has 0 spiro atoms. The molecule has 0 saturated carbocycles. The number of carbonyl (C=O) groups is 1. The first kappa shape index (κ1) is 12.2. The Labute approximate surface area is 107 Å². The van der Waals surface area contributed by atoms with E-state index >= 15 is 0 Å². The lowest BCUT2D eigenvalue weighted by molar-refractivity contribution is 0.112. The van der Waals surface area contributed by atoms with Gasteiger partial charge in [0.2, 0.25) is 0 Å². The van der Waals surface area contributed by atoms with Gasteiger partial charge in [0.05, 0.1) is 0 Å². The average Bonchev–Trinajstić information content (AvgIpc) is 2.39. The van der Waals surface area contributed by atoms with Gasteiger partial charge in [-0.05, 0) is 30.9 Å². The summed E-state index contributed by atoms with van der Waals surface area (Å²) in [5.41, 5.74) is 1.64. The van der Waals surface area contributed by atoms with Crippen LogP contribution in [-0.2, 0) is 0 Å². The third-order valence-electron chi connectivity index (χ3n) is 2.85. The van der Waals surface area contributed by atoms with E-state index < -0.39 is 0 Å². The predicted octanol–water partition coefficient (Wildman–Crippen LogP) is 3.36.